The molecule has 17 heavy (non-hydrogen) atoms. The van der Waals surface area contributed by atoms with Gasteiger partial charge in [-0.1, -0.05) is 25.5 Å². The van der Waals surface area contributed by atoms with Crippen molar-refractivity contribution in [3.05, 3.63) is 29.8 Å². The minimum Gasteiger partial charge on any atom is -0.508 e. The second-order valence-corrected chi connectivity index (χ2v) is 5.12. The van der Waals surface area contributed by atoms with Gasteiger partial charge in [-0.15, -0.1) is 0 Å². The molecular formula is C14H23NO2. The van der Waals surface area contributed by atoms with Crippen molar-refractivity contribution in [2.75, 3.05) is 6.54 Å². The number of benzene rings is 1. The topological polar surface area (TPSA) is 52.5 Å². The molecule has 96 valence electrons. The van der Waals surface area contributed by atoms with Crippen LogP contribution in [0.2, 0.25) is 0 Å². The lowest BCUT2D eigenvalue weighted by atomic mass is 9.98. The Morgan fingerprint density at radius 3 is 2.35 bits per heavy atom. The summed E-state index contributed by atoms with van der Waals surface area (Å²) in [5.74, 6) is 0.222. The first-order valence-electron chi connectivity index (χ1n) is 6.16. The first-order valence-corrected chi connectivity index (χ1v) is 6.16. The molecule has 0 bridgehead atoms. The van der Waals surface area contributed by atoms with Crippen LogP contribution in [0.4, 0.5) is 0 Å². The summed E-state index contributed by atoms with van der Waals surface area (Å²) in [6.07, 6.45) is 1.66. The Balaban J connectivity index is 2.49. The van der Waals surface area contributed by atoms with E-state index in [9.17, 15) is 10.2 Å². The first-order chi connectivity index (χ1) is 7.94. The molecule has 0 fully saturated rings. The molecule has 0 saturated heterocycles. The molecule has 0 aliphatic carbocycles. The Bertz CT molecular complexity index is 333. The van der Waals surface area contributed by atoms with Gasteiger partial charge >= 0.3 is 0 Å². The fraction of sp³-hybridized carbons (Fsp3) is 0.571. The summed E-state index contributed by atoms with van der Waals surface area (Å²) in [5, 5.41) is 22.5. The molecule has 1 rings (SSSR count). The van der Waals surface area contributed by atoms with Gasteiger partial charge in [0.2, 0.25) is 0 Å². The third-order valence-electron chi connectivity index (χ3n) is 2.93. The van der Waals surface area contributed by atoms with E-state index in [1.165, 1.54) is 0 Å². The van der Waals surface area contributed by atoms with Crippen LogP contribution >= 0.6 is 0 Å². The number of phenols is 1. The summed E-state index contributed by atoms with van der Waals surface area (Å²) in [4.78, 5) is 0. The van der Waals surface area contributed by atoms with Crippen molar-refractivity contribution < 1.29 is 10.2 Å². The Morgan fingerprint density at radius 2 is 1.82 bits per heavy atom. The van der Waals surface area contributed by atoms with Gasteiger partial charge in [0.05, 0.1) is 6.10 Å². The van der Waals surface area contributed by atoms with Gasteiger partial charge in [-0.05, 0) is 38.0 Å². The van der Waals surface area contributed by atoms with Crippen LogP contribution in [0.15, 0.2) is 24.3 Å². The molecule has 0 aliphatic heterocycles. The van der Waals surface area contributed by atoms with E-state index in [0.29, 0.717) is 6.54 Å². The van der Waals surface area contributed by atoms with Crippen LogP contribution in [-0.2, 0) is 0 Å². The Hall–Kier alpha value is -1.06. The van der Waals surface area contributed by atoms with Gasteiger partial charge in [-0.25, -0.2) is 0 Å². The number of β-amino-alcohol motifs (C(OH)–C–C–N with tert-alkyl or cyclic N) is 1. The van der Waals surface area contributed by atoms with E-state index in [1.54, 1.807) is 24.3 Å². The van der Waals surface area contributed by atoms with Crippen LogP contribution in [0, 0.1) is 0 Å². The summed E-state index contributed by atoms with van der Waals surface area (Å²) in [6.45, 7) is 6.96. The molecule has 0 heterocycles. The predicted molar refractivity (Wildman–Crippen MR) is 70.1 cm³/mol. The van der Waals surface area contributed by atoms with Crippen molar-refractivity contribution in [1.29, 1.82) is 0 Å². The van der Waals surface area contributed by atoms with E-state index >= 15 is 0 Å². The van der Waals surface area contributed by atoms with Gasteiger partial charge in [0, 0.05) is 12.1 Å². The second-order valence-electron chi connectivity index (χ2n) is 5.12. The summed E-state index contributed by atoms with van der Waals surface area (Å²) in [5.41, 5.74) is 0.870. The lowest BCUT2D eigenvalue weighted by Crippen LogP contribution is -2.41. The number of phenolic OH excluding ortho intramolecular Hbond substituents is 1. The second kappa shape index (κ2) is 6.03. The van der Waals surface area contributed by atoms with Crippen LogP contribution in [0.1, 0.15) is 45.3 Å². The molecule has 0 saturated carbocycles. The van der Waals surface area contributed by atoms with Gasteiger partial charge in [-0.2, -0.15) is 0 Å². The molecule has 3 heteroatoms. The number of hydrogen-bond donors (Lipinski definition) is 3. The van der Waals surface area contributed by atoms with Crippen molar-refractivity contribution in [3.63, 3.8) is 0 Å². The van der Waals surface area contributed by atoms with Gasteiger partial charge in [0.1, 0.15) is 5.75 Å². The fourth-order valence-corrected chi connectivity index (χ4v) is 1.90. The van der Waals surface area contributed by atoms with Crippen molar-refractivity contribution in [3.8, 4) is 5.75 Å². The average Bonchev–Trinajstić information content (AvgIpc) is 2.27. The van der Waals surface area contributed by atoms with Gasteiger partial charge < -0.3 is 15.5 Å². The normalized spacial score (nSPS) is 13.6. The zero-order chi connectivity index (χ0) is 12.9. The molecule has 0 aliphatic rings. The van der Waals surface area contributed by atoms with Crippen molar-refractivity contribution in [2.45, 2.75) is 45.3 Å². The third-order valence-corrected chi connectivity index (χ3v) is 2.93. The minimum atomic E-state index is -0.535. The zero-order valence-corrected chi connectivity index (χ0v) is 10.9. The molecule has 0 amide bonds. The number of hydrogen-bond acceptors (Lipinski definition) is 3. The van der Waals surface area contributed by atoms with Crippen molar-refractivity contribution in [1.82, 2.24) is 5.32 Å². The highest BCUT2D eigenvalue weighted by Crippen LogP contribution is 2.18. The lowest BCUT2D eigenvalue weighted by Gasteiger charge is -2.27. The van der Waals surface area contributed by atoms with Crippen LogP contribution in [0.5, 0.6) is 5.75 Å². The smallest absolute Gasteiger partial charge is 0.115 e. The fourth-order valence-electron chi connectivity index (χ4n) is 1.90. The Kier molecular flexibility index (Phi) is 4.97. The number of aromatic hydroxyl groups is 1. The molecule has 0 radical (unpaired) electrons. The highest BCUT2D eigenvalue weighted by molar-refractivity contribution is 5.27. The van der Waals surface area contributed by atoms with Crippen molar-refractivity contribution >= 4 is 0 Å². The monoisotopic (exact) mass is 237 g/mol. The van der Waals surface area contributed by atoms with E-state index in [4.69, 9.17) is 0 Å². The highest BCUT2D eigenvalue weighted by atomic mass is 16.3. The van der Waals surface area contributed by atoms with Gasteiger partial charge in [0.25, 0.3) is 0 Å². The zero-order valence-electron chi connectivity index (χ0n) is 10.9. The van der Waals surface area contributed by atoms with E-state index in [1.807, 2.05) is 0 Å². The number of rotatable bonds is 6. The largest absolute Gasteiger partial charge is 0.508 e. The quantitative estimate of drug-likeness (QED) is 0.713. The van der Waals surface area contributed by atoms with E-state index < -0.39 is 6.10 Å². The summed E-state index contributed by atoms with van der Waals surface area (Å²) >= 11 is 0. The maximum absolute atomic E-state index is 10.00. The molecule has 3 N–H and O–H groups in total. The minimum absolute atomic E-state index is 0.0483. The van der Waals surface area contributed by atoms with E-state index in [2.05, 4.69) is 26.1 Å². The molecule has 1 aromatic carbocycles. The standard InChI is InChI=1S/C14H23NO2/c1-4-9-14(2,3)15-10-13(17)11-5-7-12(16)8-6-11/h5-8,13,15-17H,4,9-10H2,1-3H3. The summed E-state index contributed by atoms with van der Waals surface area (Å²) < 4.78 is 0. The molecule has 0 aromatic heterocycles. The predicted octanol–water partition coefficient (Wildman–Crippen LogP) is 2.59. The SMILES string of the molecule is CCCC(C)(C)NCC(O)c1ccc(O)cc1. The van der Waals surface area contributed by atoms with E-state index in [0.717, 1.165) is 18.4 Å². The maximum Gasteiger partial charge on any atom is 0.115 e. The van der Waals surface area contributed by atoms with E-state index in [-0.39, 0.29) is 11.3 Å². The van der Waals surface area contributed by atoms with Crippen LogP contribution in [-0.4, -0.2) is 22.3 Å². The van der Waals surface area contributed by atoms with Crippen molar-refractivity contribution in [2.24, 2.45) is 0 Å². The summed E-state index contributed by atoms with van der Waals surface area (Å²) in [7, 11) is 0. The molecule has 3 nitrogen and oxygen atoms in total. The first kappa shape index (κ1) is 14.0. The molecule has 0 spiro atoms. The number of aliphatic hydroxyl groups is 1. The van der Waals surface area contributed by atoms with Gasteiger partial charge in [-0.3, -0.25) is 0 Å². The highest BCUT2D eigenvalue weighted by Gasteiger charge is 2.17. The Morgan fingerprint density at radius 1 is 1.24 bits per heavy atom. The number of nitrogens with one attached hydrogen (secondary N) is 1. The molecule has 1 atom stereocenters. The van der Waals surface area contributed by atoms with Crippen LogP contribution < -0.4 is 5.32 Å². The van der Waals surface area contributed by atoms with Crippen LogP contribution in [0.3, 0.4) is 0 Å². The maximum atomic E-state index is 10.00. The molecular weight excluding hydrogens is 214 g/mol. The van der Waals surface area contributed by atoms with Crippen LogP contribution in [0.25, 0.3) is 0 Å². The molecule has 1 unspecified atom stereocenters. The lowest BCUT2D eigenvalue weighted by molar-refractivity contribution is 0.159. The molecule has 1 aromatic rings. The average molecular weight is 237 g/mol. The Labute approximate surface area is 103 Å². The van der Waals surface area contributed by atoms with Gasteiger partial charge in [0.15, 0.2) is 0 Å². The number of aliphatic hydroxyl groups excluding tert-OH is 1. The summed E-state index contributed by atoms with van der Waals surface area (Å²) in [6, 6.07) is 6.68. The third kappa shape index (κ3) is 4.75.